The molecule has 0 fully saturated rings. The van der Waals surface area contributed by atoms with Crippen LogP contribution in [0, 0.1) is 0 Å². The lowest BCUT2D eigenvalue weighted by Gasteiger charge is -2.20. The van der Waals surface area contributed by atoms with Gasteiger partial charge in [0.2, 0.25) is 0 Å². The van der Waals surface area contributed by atoms with E-state index in [1.54, 1.807) is 12.1 Å². The predicted molar refractivity (Wildman–Crippen MR) is 64.0 cm³/mol. The van der Waals surface area contributed by atoms with E-state index in [1.807, 2.05) is 13.8 Å². The van der Waals surface area contributed by atoms with Gasteiger partial charge in [-0.2, -0.15) is 13.2 Å². The van der Waals surface area contributed by atoms with E-state index >= 15 is 0 Å². The maximum absolute atomic E-state index is 12.9. The summed E-state index contributed by atoms with van der Waals surface area (Å²) in [5.74, 6) is 0.0304. The second-order valence-corrected chi connectivity index (χ2v) is 4.36. The first-order chi connectivity index (χ1) is 8.00. The molecular formula is C14H19F3. The Hall–Kier alpha value is -0.990. The van der Waals surface area contributed by atoms with Crippen LogP contribution in [-0.2, 0) is 6.18 Å². The highest BCUT2D eigenvalue weighted by Crippen LogP contribution is 2.38. The summed E-state index contributed by atoms with van der Waals surface area (Å²) in [5, 5.41) is 0. The Balaban J connectivity index is 3.09. The molecule has 0 aromatic heterocycles. The molecule has 0 N–H and O–H groups in total. The van der Waals surface area contributed by atoms with Crippen molar-refractivity contribution >= 4 is 0 Å². The summed E-state index contributed by atoms with van der Waals surface area (Å²) in [5.41, 5.74) is -0.00407. The Kier molecular flexibility index (Phi) is 5.03. The van der Waals surface area contributed by atoms with Gasteiger partial charge in [-0.3, -0.25) is 0 Å². The van der Waals surface area contributed by atoms with Gasteiger partial charge in [0.25, 0.3) is 0 Å². The fourth-order valence-corrected chi connectivity index (χ4v) is 2.26. The molecular weight excluding hydrogens is 225 g/mol. The monoisotopic (exact) mass is 244 g/mol. The van der Waals surface area contributed by atoms with Crippen LogP contribution in [0.5, 0.6) is 0 Å². The number of rotatable bonds is 5. The van der Waals surface area contributed by atoms with Gasteiger partial charge in [0, 0.05) is 0 Å². The lowest BCUT2D eigenvalue weighted by molar-refractivity contribution is -0.138. The van der Waals surface area contributed by atoms with Gasteiger partial charge in [0.1, 0.15) is 0 Å². The van der Waals surface area contributed by atoms with Crippen molar-refractivity contribution in [1.29, 1.82) is 0 Å². The van der Waals surface area contributed by atoms with Crippen LogP contribution in [0.4, 0.5) is 13.2 Å². The van der Waals surface area contributed by atoms with Crippen LogP contribution >= 0.6 is 0 Å². The van der Waals surface area contributed by atoms with E-state index in [4.69, 9.17) is 0 Å². The van der Waals surface area contributed by atoms with Crippen molar-refractivity contribution in [1.82, 2.24) is 0 Å². The van der Waals surface area contributed by atoms with Crippen molar-refractivity contribution in [2.24, 2.45) is 0 Å². The van der Waals surface area contributed by atoms with Crippen LogP contribution in [0.1, 0.15) is 56.6 Å². The fourth-order valence-electron chi connectivity index (χ4n) is 2.26. The van der Waals surface area contributed by atoms with Crippen molar-refractivity contribution in [3.8, 4) is 0 Å². The molecule has 0 aliphatic carbocycles. The Morgan fingerprint density at radius 1 is 1.00 bits per heavy atom. The number of benzene rings is 1. The van der Waals surface area contributed by atoms with Crippen molar-refractivity contribution in [3.05, 3.63) is 35.4 Å². The van der Waals surface area contributed by atoms with Gasteiger partial charge in [0.15, 0.2) is 0 Å². The number of halogens is 3. The molecule has 0 nitrogen and oxygen atoms in total. The highest BCUT2D eigenvalue weighted by Gasteiger charge is 2.34. The molecule has 0 bridgehead atoms. The Morgan fingerprint density at radius 3 is 2.00 bits per heavy atom. The lowest BCUT2D eigenvalue weighted by atomic mass is 9.87. The first-order valence-electron chi connectivity index (χ1n) is 6.16. The highest BCUT2D eigenvalue weighted by atomic mass is 19.4. The minimum absolute atomic E-state index is 0.0304. The van der Waals surface area contributed by atoms with Gasteiger partial charge in [-0.25, -0.2) is 0 Å². The average molecular weight is 244 g/mol. The Labute approximate surface area is 101 Å². The van der Waals surface area contributed by atoms with Crippen LogP contribution in [-0.4, -0.2) is 0 Å². The van der Waals surface area contributed by atoms with Crippen LogP contribution in [0.3, 0.4) is 0 Å². The van der Waals surface area contributed by atoms with Gasteiger partial charge < -0.3 is 0 Å². The summed E-state index contributed by atoms with van der Waals surface area (Å²) in [4.78, 5) is 0. The number of alkyl halides is 3. The Morgan fingerprint density at radius 2 is 1.53 bits per heavy atom. The van der Waals surface area contributed by atoms with Crippen molar-refractivity contribution < 1.29 is 13.2 Å². The van der Waals surface area contributed by atoms with Crippen LogP contribution in [0.15, 0.2) is 24.3 Å². The van der Waals surface area contributed by atoms with E-state index in [9.17, 15) is 13.2 Å². The van der Waals surface area contributed by atoms with E-state index < -0.39 is 11.7 Å². The maximum atomic E-state index is 12.9. The van der Waals surface area contributed by atoms with Crippen molar-refractivity contribution in [2.45, 2.75) is 51.6 Å². The van der Waals surface area contributed by atoms with Crippen molar-refractivity contribution in [2.75, 3.05) is 0 Å². The molecule has 0 aliphatic rings. The first kappa shape index (κ1) is 14.1. The molecule has 96 valence electrons. The molecule has 1 rings (SSSR count). The Bertz CT molecular complexity index is 336. The number of hydrogen-bond donors (Lipinski definition) is 0. The van der Waals surface area contributed by atoms with E-state index in [1.165, 1.54) is 12.1 Å². The largest absolute Gasteiger partial charge is 0.416 e. The highest BCUT2D eigenvalue weighted by molar-refractivity contribution is 5.32. The van der Waals surface area contributed by atoms with E-state index in [2.05, 4.69) is 0 Å². The van der Waals surface area contributed by atoms with Crippen LogP contribution < -0.4 is 0 Å². The number of hydrogen-bond acceptors (Lipinski definition) is 0. The molecule has 0 unspecified atom stereocenters. The summed E-state index contributed by atoms with van der Waals surface area (Å²) in [6, 6.07) is 5.97. The fraction of sp³-hybridized carbons (Fsp3) is 0.571. The standard InChI is InChI=1S/C14H19F3/c1-3-7-11(8-4-2)12-9-5-6-10-13(12)14(15,16)17/h5-6,9-11H,3-4,7-8H2,1-2H3. The molecule has 0 aliphatic heterocycles. The summed E-state index contributed by atoms with van der Waals surface area (Å²) < 4.78 is 38.7. The molecule has 0 atom stereocenters. The van der Waals surface area contributed by atoms with E-state index in [-0.39, 0.29) is 5.92 Å². The van der Waals surface area contributed by atoms with E-state index in [0.29, 0.717) is 5.56 Å². The van der Waals surface area contributed by atoms with Gasteiger partial charge in [0.05, 0.1) is 5.56 Å². The molecule has 1 aromatic rings. The van der Waals surface area contributed by atoms with Crippen molar-refractivity contribution in [3.63, 3.8) is 0 Å². The van der Waals surface area contributed by atoms with Gasteiger partial charge in [-0.15, -0.1) is 0 Å². The van der Waals surface area contributed by atoms with Gasteiger partial charge in [-0.1, -0.05) is 44.9 Å². The zero-order chi connectivity index (χ0) is 12.9. The molecule has 1 aromatic carbocycles. The molecule has 0 radical (unpaired) electrons. The normalized spacial score (nSPS) is 12.1. The topological polar surface area (TPSA) is 0 Å². The second-order valence-electron chi connectivity index (χ2n) is 4.36. The zero-order valence-corrected chi connectivity index (χ0v) is 10.3. The minimum Gasteiger partial charge on any atom is -0.166 e. The summed E-state index contributed by atoms with van der Waals surface area (Å²) in [6.45, 7) is 4.03. The third-order valence-electron chi connectivity index (χ3n) is 2.98. The maximum Gasteiger partial charge on any atom is 0.416 e. The molecule has 0 saturated heterocycles. The second kappa shape index (κ2) is 6.08. The third-order valence-corrected chi connectivity index (χ3v) is 2.98. The van der Waals surface area contributed by atoms with Gasteiger partial charge >= 0.3 is 6.18 Å². The summed E-state index contributed by atoms with van der Waals surface area (Å²) in [6.07, 6.45) is -0.772. The SMILES string of the molecule is CCCC(CCC)c1ccccc1C(F)(F)F. The molecule has 0 spiro atoms. The average Bonchev–Trinajstić information content (AvgIpc) is 2.28. The minimum atomic E-state index is -4.24. The smallest absolute Gasteiger partial charge is 0.166 e. The quantitative estimate of drug-likeness (QED) is 0.651. The molecule has 0 heterocycles. The van der Waals surface area contributed by atoms with Crippen LogP contribution in [0.2, 0.25) is 0 Å². The molecule has 0 saturated carbocycles. The molecule has 3 heteroatoms. The molecule has 0 amide bonds. The molecule has 17 heavy (non-hydrogen) atoms. The zero-order valence-electron chi connectivity index (χ0n) is 10.3. The first-order valence-corrected chi connectivity index (χ1v) is 6.16. The van der Waals surface area contributed by atoms with Gasteiger partial charge in [-0.05, 0) is 30.4 Å². The summed E-state index contributed by atoms with van der Waals surface area (Å²) in [7, 11) is 0. The summed E-state index contributed by atoms with van der Waals surface area (Å²) >= 11 is 0. The lowest BCUT2D eigenvalue weighted by Crippen LogP contribution is -2.12. The van der Waals surface area contributed by atoms with E-state index in [0.717, 1.165) is 25.7 Å². The third kappa shape index (κ3) is 3.76. The predicted octanol–water partition coefficient (Wildman–Crippen LogP) is 5.39. The van der Waals surface area contributed by atoms with Crippen LogP contribution in [0.25, 0.3) is 0 Å².